The van der Waals surface area contributed by atoms with Crippen LogP contribution in [0.25, 0.3) is 0 Å². The largest absolute Gasteiger partial charge is 0.507 e. The van der Waals surface area contributed by atoms with Crippen molar-refractivity contribution in [1.82, 2.24) is 5.43 Å². The molecule has 4 aliphatic rings. The molecule has 6 rings (SSSR count). The van der Waals surface area contributed by atoms with Crippen molar-refractivity contribution in [3.05, 3.63) is 63.6 Å². The van der Waals surface area contributed by atoms with E-state index >= 15 is 0 Å². The molecule has 30 heavy (non-hydrogen) atoms. The van der Waals surface area contributed by atoms with E-state index in [9.17, 15) is 9.90 Å². The smallest absolute Gasteiger partial charge is 0.246 e. The molecule has 4 bridgehead atoms. The fourth-order valence-corrected chi connectivity index (χ4v) is 7.06. The Kier molecular flexibility index (Phi) is 4.77. The van der Waals surface area contributed by atoms with E-state index in [0.29, 0.717) is 17.4 Å². The highest BCUT2D eigenvalue weighted by atomic mass is 79.9. The average Bonchev–Trinajstić information content (AvgIpc) is 2.70. The van der Waals surface area contributed by atoms with Gasteiger partial charge in [0, 0.05) is 10.0 Å². The van der Waals surface area contributed by atoms with Crippen molar-refractivity contribution in [2.75, 3.05) is 0 Å². The summed E-state index contributed by atoms with van der Waals surface area (Å²) < 4.78 is 0.856. The quantitative estimate of drug-likeness (QED) is 0.464. The number of aromatic hydroxyl groups is 1. The van der Waals surface area contributed by atoms with E-state index in [1.54, 1.807) is 18.2 Å². The number of halogens is 1. The number of phenolic OH excluding ortho intramolecular Hbond substituents is 1. The van der Waals surface area contributed by atoms with Gasteiger partial charge in [0.2, 0.25) is 5.91 Å². The summed E-state index contributed by atoms with van der Waals surface area (Å²) in [5.41, 5.74) is 5.87. The molecule has 0 heterocycles. The zero-order valence-electron chi connectivity index (χ0n) is 17.2. The molecule has 4 fully saturated rings. The number of rotatable bonds is 4. The highest BCUT2D eigenvalue weighted by Crippen LogP contribution is 2.65. The van der Waals surface area contributed by atoms with E-state index in [0.717, 1.165) is 23.7 Å². The second kappa shape index (κ2) is 7.23. The van der Waals surface area contributed by atoms with Crippen LogP contribution in [0.15, 0.2) is 52.0 Å². The third-order valence-electron chi connectivity index (χ3n) is 7.57. The van der Waals surface area contributed by atoms with E-state index in [1.165, 1.54) is 36.6 Å². The molecule has 2 aromatic rings. The predicted octanol–water partition coefficient (Wildman–Crippen LogP) is 5.45. The zero-order chi connectivity index (χ0) is 20.9. The number of carbonyl (C=O) groups excluding carboxylic acids is 1. The first-order valence-electron chi connectivity index (χ1n) is 10.8. The van der Waals surface area contributed by atoms with Crippen molar-refractivity contribution in [2.24, 2.45) is 22.4 Å². The third-order valence-corrected chi connectivity index (χ3v) is 8.06. The average molecular weight is 467 g/mol. The molecule has 4 aliphatic carbocycles. The molecular weight excluding hydrogens is 440 g/mol. The van der Waals surface area contributed by atoms with E-state index in [-0.39, 0.29) is 22.5 Å². The maximum Gasteiger partial charge on any atom is 0.246 e. The topological polar surface area (TPSA) is 61.7 Å². The third kappa shape index (κ3) is 3.37. The number of aryl methyl sites for hydroxylation is 1. The summed E-state index contributed by atoms with van der Waals surface area (Å²) >= 11 is 3.40. The Bertz CT molecular complexity index is 1000. The molecule has 2 atom stereocenters. The molecule has 4 nitrogen and oxygen atoms in total. The first-order chi connectivity index (χ1) is 14.4. The number of hydrogen-bond acceptors (Lipinski definition) is 3. The molecule has 2 aromatic carbocycles. The monoisotopic (exact) mass is 466 g/mol. The number of hydrogen-bond donors (Lipinski definition) is 2. The van der Waals surface area contributed by atoms with Gasteiger partial charge in [-0.1, -0.05) is 45.8 Å². The molecule has 5 heteroatoms. The van der Waals surface area contributed by atoms with Gasteiger partial charge in [-0.15, -0.1) is 0 Å². The second-order valence-corrected chi connectivity index (χ2v) is 10.7. The Labute approximate surface area is 185 Å². The van der Waals surface area contributed by atoms with Gasteiger partial charge in [0.25, 0.3) is 0 Å². The van der Waals surface area contributed by atoms with Gasteiger partial charge in [-0.2, -0.15) is 5.10 Å². The minimum absolute atomic E-state index is 0.0406. The van der Waals surface area contributed by atoms with E-state index in [1.807, 2.05) is 0 Å². The van der Waals surface area contributed by atoms with Crippen molar-refractivity contribution < 1.29 is 9.90 Å². The summed E-state index contributed by atoms with van der Waals surface area (Å²) in [6.07, 6.45) is 8.06. The summed E-state index contributed by atoms with van der Waals surface area (Å²) in [7, 11) is 0. The van der Waals surface area contributed by atoms with Gasteiger partial charge in [0.1, 0.15) is 5.75 Å². The van der Waals surface area contributed by atoms with Gasteiger partial charge in [-0.3, -0.25) is 4.79 Å². The number of benzene rings is 2. The normalized spacial score (nSPS) is 31.9. The lowest BCUT2D eigenvalue weighted by atomic mass is 9.42. The molecule has 0 radical (unpaired) electrons. The van der Waals surface area contributed by atoms with Gasteiger partial charge in [-0.25, -0.2) is 5.43 Å². The standard InChI is InChI=1S/C25H27BrN2O2/c1-16-2-4-20(5-3-16)24-10-17-8-18(11-24)13-25(12-17,15-24)23(30)28-27-14-19-9-21(26)6-7-22(19)29/h2-7,9,14,17-18,29H,8,10-13,15H2,1H3,(H,28,30)/b27-14-/t17-,18-,24?,25?/m0/s1. The fourth-order valence-electron chi connectivity index (χ4n) is 6.68. The predicted molar refractivity (Wildman–Crippen MR) is 122 cm³/mol. The number of hydrazone groups is 1. The Balaban J connectivity index is 1.38. The van der Waals surface area contributed by atoms with Crippen molar-refractivity contribution in [1.29, 1.82) is 0 Å². The van der Waals surface area contributed by atoms with Gasteiger partial charge in [0.05, 0.1) is 11.6 Å². The zero-order valence-corrected chi connectivity index (χ0v) is 18.8. The van der Waals surface area contributed by atoms with Crippen LogP contribution in [-0.4, -0.2) is 17.2 Å². The SMILES string of the molecule is Cc1ccc(C23C[C@@H]4C[C@H](CC(C(=O)N/N=C\c5cc(Br)ccc5O)(C4)C2)C3)cc1. The summed E-state index contributed by atoms with van der Waals surface area (Å²) in [6.45, 7) is 2.12. The Hall–Kier alpha value is -2.14. The summed E-state index contributed by atoms with van der Waals surface area (Å²) in [5.74, 6) is 1.43. The summed E-state index contributed by atoms with van der Waals surface area (Å²) in [6, 6.07) is 14.1. The van der Waals surface area contributed by atoms with E-state index in [4.69, 9.17) is 0 Å². The van der Waals surface area contributed by atoms with Gasteiger partial charge < -0.3 is 5.11 Å². The van der Waals surface area contributed by atoms with Crippen LogP contribution in [0.1, 0.15) is 55.2 Å². The van der Waals surface area contributed by atoms with Crippen LogP contribution < -0.4 is 5.43 Å². The van der Waals surface area contributed by atoms with Gasteiger partial charge in [-0.05, 0) is 86.5 Å². The minimum Gasteiger partial charge on any atom is -0.507 e. The van der Waals surface area contributed by atoms with Crippen LogP contribution in [-0.2, 0) is 10.2 Å². The molecule has 4 saturated carbocycles. The molecule has 0 aromatic heterocycles. The Morgan fingerprint density at radius 2 is 1.83 bits per heavy atom. The van der Waals surface area contributed by atoms with Gasteiger partial charge >= 0.3 is 0 Å². The van der Waals surface area contributed by atoms with Crippen LogP contribution in [0.2, 0.25) is 0 Å². The van der Waals surface area contributed by atoms with Crippen LogP contribution in [0.3, 0.4) is 0 Å². The molecule has 0 spiro atoms. The van der Waals surface area contributed by atoms with E-state index in [2.05, 4.69) is 57.6 Å². The Morgan fingerprint density at radius 1 is 1.13 bits per heavy atom. The lowest BCUT2D eigenvalue weighted by molar-refractivity contribution is -0.149. The highest BCUT2D eigenvalue weighted by Gasteiger charge is 2.60. The Morgan fingerprint density at radius 3 is 2.53 bits per heavy atom. The number of phenols is 1. The maximum atomic E-state index is 13.4. The summed E-state index contributed by atoms with van der Waals surface area (Å²) in [4.78, 5) is 13.4. The maximum absolute atomic E-state index is 13.4. The molecule has 156 valence electrons. The van der Waals surface area contributed by atoms with Crippen LogP contribution in [0.5, 0.6) is 5.75 Å². The minimum atomic E-state index is -0.328. The van der Waals surface area contributed by atoms with Crippen molar-refractivity contribution in [2.45, 2.75) is 50.9 Å². The van der Waals surface area contributed by atoms with Crippen molar-refractivity contribution in [3.63, 3.8) is 0 Å². The number of amides is 1. The molecule has 0 unspecified atom stereocenters. The lowest BCUT2D eigenvalue weighted by Crippen LogP contribution is -2.58. The number of carbonyl (C=O) groups is 1. The van der Waals surface area contributed by atoms with E-state index < -0.39 is 0 Å². The second-order valence-electron chi connectivity index (χ2n) is 9.79. The van der Waals surface area contributed by atoms with Crippen LogP contribution in [0, 0.1) is 24.2 Å². The first-order valence-corrected chi connectivity index (χ1v) is 11.6. The van der Waals surface area contributed by atoms with Gasteiger partial charge in [0.15, 0.2) is 0 Å². The van der Waals surface area contributed by atoms with Crippen molar-refractivity contribution >= 4 is 28.1 Å². The molecule has 1 amide bonds. The molecular formula is C25H27BrN2O2. The lowest BCUT2D eigenvalue weighted by Gasteiger charge is -2.61. The number of nitrogens with zero attached hydrogens (tertiary/aromatic N) is 1. The fraction of sp³-hybridized carbons (Fsp3) is 0.440. The van der Waals surface area contributed by atoms with Crippen molar-refractivity contribution in [3.8, 4) is 5.75 Å². The van der Waals surface area contributed by atoms with Crippen LogP contribution >= 0.6 is 15.9 Å². The number of nitrogens with one attached hydrogen (secondary N) is 1. The molecule has 0 saturated heterocycles. The van der Waals surface area contributed by atoms with Crippen LogP contribution in [0.4, 0.5) is 0 Å². The summed E-state index contributed by atoms with van der Waals surface area (Å²) in [5, 5.41) is 14.2. The highest BCUT2D eigenvalue weighted by molar-refractivity contribution is 9.10. The molecule has 2 N–H and O–H groups in total. The first kappa shape index (κ1) is 19.8. The molecule has 0 aliphatic heterocycles.